The Morgan fingerprint density at radius 3 is 2.67 bits per heavy atom. The van der Waals surface area contributed by atoms with E-state index in [2.05, 4.69) is 4.90 Å². The van der Waals surface area contributed by atoms with Crippen LogP contribution in [0.25, 0.3) is 0 Å². The van der Waals surface area contributed by atoms with Crippen LogP contribution in [-0.2, 0) is 20.8 Å². The normalized spacial score (nSPS) is 20.7. The number of hydrogen-bond donors (Lipinski definition) is 0. The summed E-state index contributed by atoms with van der Waals surface area (Å²) < 4.78 is 11.7. The number of morpholine rings is 1. The van der Waals surface area contributed by atoms with Gasteiger partial charge in [0.1, 0.15) is 11.6 Å². The van der Waals surface area contributed by atoms with Crippen molar-refractivity contribution in [2.45, 2.75) is 32.4 Å². The number of rotatable bonds is 5. The number of hydrogen-bond acceptors (Lipinski definition) is 6. The lowest BCUT2D eigenvalue weighted by molar-refractivity contribution is -0.145. The van der Waals surface area contributed by atoms with E-state index >= 15 is 0 Å². The second kappa shape index (κ2) is 8.67. The number of carbonyl (C=O) groups excluding carboxylic acids is 2. The number of carbonyl (C=O) groups is 2. The summed E-state index contributed by atoms with van der Waals surface area (Å²) in [5, 5.41) is 0. The van der Waals surface area contributed by atoms with E-state index < -0.39 is 12.0 Å². The maximum Gasteiger partial charge on any atom is 0.328 e. The monoisotopic (exact) mass is 377 g/mol. The Kier molecular flexibility index (Phi) is 6.28. The van der Waals surface area contributed by atoms with Gasteiger partial charge < -0.3 is 18.9 Å². The number of ether oxygens (including phenoxy) is 2. The number of esters is 1. The maximum absolute atomic E-state index is 13.1. The van der Waals surface area contributed by atoms with Crippen molar-refractivity contribution in [1.29, 1.82) is 0 Å². The lowest BCUT2D eigenvalue weighted by Gasteiger charge is -2.27. The van der Waals surface area contributed by atoms with Crippen LogP contribution in [0.5, 0.6) is 0 Å². The predicted octanol–water partition coefficient (Wildman–Crippen LogP) is 0.267. The molecule has 0 aliphatic carbocycles. The molecular weight excluding hydrogens is 350 g/mol. The van der Waals surface area contributed by atoms with E-state index in [0.717, 1.165) is 26.1 Å². The van der Waals surface area contributed by atoms with Crippen LogP contribution in [0.3, 0.4) is 0 Å². The highest BCUT2D eigenvalue weighted by atomic mass is 16.5. The van der Waals surface area contributed by atoms with Gasteiger partial charge in [-0.05, 0) is 31.4 Å². The number of methoxy groups -OCH3 is 1. The fraction of sp³-hybridized carbons (Fsp3) is 0.632. The summed E-state index contributed by atoms with van der Waals surface area (Å²) in [6.07, 6.45) is 3.02. The largest absolute Gasteiger partial charge is 0.467 e. The second-order valence-electron chi connectivity index (χ2n) is 7.01. The topological polar surface area (TPSA) is 81.1 Å². The van der Waals surface area contributed by atoms with Gasteiger partial charge in [-0.1, -0.05) is 0 Å². The molecule has 8 heteroatoms. The lowest BCUT2D eigenvalue weighted by Crippen LogP contribution is -2.44. The minimum Gasteiger partial charge on any atom is -0.467 e. The first-order chi connectivity index (χ1) is 13.0. The first kappa shape index (κ1) is 19.6. The van der Waals surface area contributed by atoms with Gasteiger partial charge in [-0.2, -0.15) is 0 Å². The molecule has 3 heterocycles. The fourth-order valence-electron chi connectivity index (χ4n) is 3.71. The molecule has 2 aliphatic rings. The quantitative estimate of drug-likeness (QED) is 0.685. The number of likely N-dealkylation sites (tertiary alicyclic amines) is 1. The van der Waals surface area contributed by atoms with Crippen molar-refractivity contribution in [2.75, 3.05) is 46.5 Å². The van der Waals surface area contributed by atoms with Crippen LogP contribution in [0, 0.1) is 6.92 Å². The summed E-state index contributed by atoms with van der Waals surface area (Å²) in [5.74, 6) is -0.812. The number of pyridine rings is 1. The molecule has 3 rings (SSSR count). The first-order valence-electron chi connectivity index (χ1n) is 9.42. The van der Waals surface area contributed by atoms with Crippen molar-refractivity contribution in [2.24, 2.45) is 0 Å². The summed E-state index contributed by atoms with van der Waals surface area (Å²) in [7, 11) is 1.32. The van der Waals surface area contributed by atoms with Crippen LogP contribution in [0.15, 0.2) is 17.1 Å². The third-order valence-corrected chi connectivity index (χ3v) is 5.34. The number of amides is 1. The molecular formula is C19H27N3O5. The van der Waals surface area contributed by atoms with Gasteiger partial charge in [0.15, 0.2) is 0 Å². The highest BCUT2D eigenvalue weighted by molar-refractivity contribution is 5.98. The van der Waals surface area contributed by atoms with Crippen molar-refractivity contribution >= 4 is 11.9 Å². The molecule has 0 saturated carbocycles. The molecule has 2 aliphatic heterocycles. The number of nitrogens with zero attached hydrogens (tertiary/aromatic N) is 3. The standard InChI is InChI=1S/C19H27N3O5/c1-14-5-7-21(9-8-20-10-12-27-13-11-20)17(23)16(14)18(24)22-6-3-4-15(22)19(25)26-2/h5,7,15H,3-4,6,8-13H2,1-2H3/t15-/m1/s1. The van der Waals surface area contributed by atoms with Crippen LogP contribution < -0.4 is 5.56 Å². The van der Waals surface area contributed by atoms with Crippen molar-refractivity contribution in [1.82, 2.24) is 14.4 Å². The van der Waals surface area contributed by atoms with E-state index in [-0.39, 0.29) is 17.0 Å². The molecule has 0 N–H and O–H groups in total. The number of aryl methyl sites for hydroxylation is 1. The molecule has 27 heavy (non-hydrogen) atoms. The Hall–Kier alpha value is -2.19. The van der Waals surface area contributed by atoms with Crippen LogP contribution in [0.4, 0.5) is 0 Å². The zero-order chi connectivity index (χ0) is 19.4. The first-order valence-corrected chi connectivity index (χ1v) is 9.42. The van der Waals surface area contributed by atoms with E-state index in [4.69, 9.17) is 9.47 Å². The van der Waals surface area contributed by atoms with Gasteiger partial charge in [-0.25, -0.2) is 4.79 Å². The third-order valence-electron chi connectivity index (χ3n) is 5.34. The molecule has 1 amide bonds. The molecule has 2 saturated heterocycles. The minimum atomic E-state index is -0.608. The molecule has 1 aromatic heterocycles. The van der Waals surface area contributed by atoms with Gasteiger partial charge in [-0.3, -0.25) is 14.5 Å². The summed E-state index contributed by atoms with van der Waals surface area (Å²) >= 11 is 0. The smallest absolute Gasteiger partial charge is 0.328 e. The van der Waals surface area contributed by atoms with Crippen LogP contribution in [0.1, 0.15) is 28.8 Å². The Morgan fingerprint density at radius 2 is 1.96 bits per heavy atom. The summed E-state index contributed by atoms with van der Waals surface area (Å²) in [6.45, 7) is 6.56. The van der Waals surface area contributed by atoms with Gasteiger partial charge in [0, 0.05) is 38.9 Å². The van der Waals surface area contributed by atoms with Gasteiger partial charge in [0.25, 0.3) is 11.5 Å². The Bertz CT molecular complexity index is 754. The molecule has 0 bridgehead atoms. The van der Waals surface area contributed by atoms with E-state index in [1.165, 1.54) is 12.0 Å². The average Bonchev–Trinajstić information content (AvgIpc) is 3.17. The molecule has 2 fully saturated rings. The Labute approximate surface area is 158 Å². The molecule has 1 atom stereocenters. The molecule has 0 radical (unpaired) electrons. The number of aromatic nitrogens is 1. The minimum absolute atomic E-state index is 0.148. The molecule has 0 unspecified atom stereocenters. The van der Waals surface area contributed by atoms with Crippen LogP contribution >= 0.6 is 0 Å². The fourth-order valence-corrected chi connectivity index (χ4v) is 3.71. The molecule has 8 nitrogen and oxygen atoms in total. The Morgan fingerprint density at radius 1 is 1.22 bits per heavy atom. The molecule has 0 spiro atoms. The average molecular weight is 377 g/mol. The van der Waals surface area contributed by atoms with Crippen molar-refractivity contribution in [3.8, 4) is 0 Å². The highest BCUT2D eigenvalue weighted by Crippen LogP contribution is 2.21. The van der Waals surface area contributed by atoms with Gasteiger partial charge in [0.05, 0.1) is 20.3 Å². The summed E-state index contributed by atoms with van der Waals surface area (Å²) in [6, 6.07) is 1.18. The van der Waals surface area contributed by atoms with Crippen LogP contribution in [-0.4, -0.2) is 78.8 Å². The van der Waals surface area contributed by atoms with E-state index in [0.29, 0.717) is 38.3 Å². The van der Waals surface area contributed by atoms with Gasteiger partial charge in [0.2, 0.25) is 0 Å². The summed E-state index contributed by atoms with van der Waals surface area (Å²) in [4.78, 5) is 41.7. The lowest BCUT2D eigenvalue weighted by atomic mass is 10.1. The van der Waals surface area contributed by atoms with Crippen molar-refractivity contribution in [3.63, 3.8) is 0 Å². The van der Waals surface area contributed by atoms with Crippen molar-refractivity contribution in [3.05, 3.63) is 33.7 Å². The molecule has 148 valence electrons. The molecule has 0 aromatic carbocycles. The maximum atomic E-state index is 13.1. The van der Waals surface area contributed by atoms with Gasteiger partial charge >= 0.3 is 5.97 Å². The Balaban J connectivity index is 1.79. The van der Waals surface area contributed by atoms with E-state index in [1.54, 1.807) is 23.8 Å². The third kappa shape index (κ3) is 4.22. The SMILES string of the molecule is COC(=O)[C@H]1CCCN1C(=O)c1c(C)ccn(CCN2CCOCC2)c1=O. The van der Waals surface area contributed by atoms with Crippen molar-refractivity contribution < 1.29 is 19.1 Å². The van der Waals surface area contributed by atoms with Gasteiger partial charge in [-0.15, -0.1) is 0 Å². The second-order valence-corrected chi connectivity index (χ2v) is 7.01. The zero-order valence-electron chi connectivity index (χ0n) is 16.0. The van der Waals surface area contributed by atoms with Crippen LogP contribution in [0.2, 0.25) is 0 Å². The highest BCUT2D eigenvalue weighted by Gasteiger charge is 2.36. The van der Waals surface area contributed by atoms with E-state index in [1.807, 2.05) is 0 Å². The summed E-state index contributed by atoms with van der Waals surface area (Å²) in [5.41, 5.74) is 0.474. The molecule has 1 aromatic rings. The zero-order valence-corrected chi connectivity index (χ0v) is 16.0. The predicted molar refractivity (Wildman–Crippen MR) is 98.8 cm³/mol. The van der Waals surface area contributed by atoms with E-state index in [9.17, 15) is 14.4 Å².